The first kappa shape index (κ1) is 16.9. The lowest BCUT2D eigenvalue weighted by molar-refractivity contribution is 0.0437. The third-order valence-corrected chi connectivity index (χ3v) is 6.01. The standard InChI is InChI=1S/C17H31N3S/c1-5-10-19-16(11-15-12-18-13-21-15)17(20(3)4)8-6-14(2)7-9-17/h12-14,16,19H,5-11H2,1-4H3. The highest BCUT2D eigenvalue weighted by molar-refractivity contribution is 7.09. The molecule has 2 rings (SSSR count). The van der Waals surface area contributed by atoms with Crippen molar-refractivity contribution in [1.82, 2.24) is 15.2 Å². The molecule has 1 unspecified atom stereocenters. The van der Waals surface area contributed by atoms with Crippen LogP contribution in [0.2, 0.25) is 0 Å². The zero-order valence-electron chi connectivity index (χ0n) is 14.1. The van der Waals surface area contributed by atoms with Crippen LogP contribution in [0.3, 0.4) is 0 Å². The van der Waals surface area contributed by atoms with E-state index in [0.717, 1.165) is 18.9 Å². The summed E-state index contributed by atoms with van der Waals surface area (Å²) in [5, 5.41) is 3.85. The summed E-state index contributed by atoms with van der Waals surface area (Å²) in [5.41, 5.74) is 2.25. The minimum Gasteiger partial charge on any atom is -0.312 e. The number of nitrogens with one attached hydrogen (secondary N) is 1. The summed E-state index contributed by atoms with van der Waals surface area (Å²) < 4.78 is 0. The average Bonchev–Trinajstić information content (AvgIpc) is 2.97. The van der Waals surface area contributed by atoms with E-state index in [1.807, 2.05) is 11.7 Å². The molecule has 1 heterocycles. The molecule has 0 bridgehead atoms. The fourth-order valence-electron chi connectivity index (χ4n) is 3.68. The van der Waals surface area contributed by atoms with Crippen LogP contribution in [-0.2, 0) is 6.42 Å². The van der Waals surface area contributed by atoms with Crippen LogP contribution >= 0.6 is 11.3 Å². The van der Waals surface area contributed by atoms with Crippen LogP contribution in [0.1, 0.15) is 50.8 Å². The average molecular weight is 310 g/mol. The van der Waals surface area contributed by atoms with Crippen molar-refractivity contribution in [2.45, 2.75) is 64.0 Å². The fourth-order valence-corrected chi connectivity index (χ4v) is 4.33. The molecule has 1 aromatic heterocycles. The summed E-state index contributed by atoms with van der Waals surface area (Å²) in [4.78, 5) is 8.16. The van der Waals surface area contributed by atoms with Crippen molar-refractivity contribution in [3.05, 3.63) is 16.6 Å². The molecule has 1 aromatic rings. The van der Waals surface area contributed by atoms with Crippen LogP contribution in [0.5, 0.6) is 0 Å². The van der Waals surface area contributed by atoms with Gasteiger partial charge in [-0.3, -0.25) is 4.98 Å². The van der Waals surface area contributed by atoms with Crippen LogP contribution in [0.4, 0.5) is 0 Å². The van der Waals surface area contributed by atoms with Crippen molar-refractivity contribution in [1.29, 1.82) is 0 Å². The van der Waals surface area contributed by atoms with Gasteiger partial charge >= 0.3 is 0 Å². The molecular weight excluding hydrogens is 278 g/mol. The van der Waals surface area contributed by atoms with E-state index in [1.165, 1.54) is 37.0 Å². The second-order valence-electron chi connectivity index (χ2n) is 6.86. The molecule has 0 amide bonds. The van der Waals surface area contributed by atoms with E-state index in [0.29, 0.717) is 11.6 Å². The van der Waals surface area contributed by atoms with Gasteiger partial charge in [-0.25, -0.2) is 0 Å². The number of hydrogen-bond donors (Lipinski definition) is 1. The van der Waals surface area contributed by atoms with E-state index in [1.54, 1.807) is 11.3 Å². The predicted octanol–water partition coefficient (Wildman–Crippen LogP) is 3.56. The van der Waals surface area contributed by atoms with E-state index in [4.69, 9.17) is 0 Å². The molecule has 1 aliphatic carbocycles. The number of nitrogens with zero attached hydrogens (tertiary/aromatic N) is 2. The van der Waals surface area contributed by atoms with Gasteiger partial charge in [-0.05, 0) is 58.7 Å². The van der Waals surface area contributed by atoms with Gasteiger partial charge in [0.2, 0.25) is 0 Å². The molecular formula is C17H31N3S. The first-order valence-corrected chi connectivity index (χ1v) is 9.24. The molecule has 0 aromatic carbocycles. The van der Waals surface area contributed by atoms with E-state index in [-0.39, 0.29) is 0 Å². The maximum absolute atomic E-state index is 4.26. The van der Waals surface area contributed by atoms with Gasteiger partial charge in [0.15, 0.2) is 0 Å². The highest BCUT2D eigenvalue weighted by Gasteiger charge is 2.42. The lowest BCUT2D eigenvalue weighted by atomic mass is 9.71. The molecule has 0 spiro atoms. The lowest BCUT2D eigenvalue weighted by Crippen LogP contribution is -2.61. The minimum absolute atomic E-state index is 0.297. The molecule has 0 radical (unpaired) electrons. The van der Waals surface area contributed by atoms with Gasteiger partial charge in [0.05, 0.1) is 5.51 Å². The number of aromatic nitrogens is 1. The summed E-state index contributed by atoms with van der Waals surface area (Å²) in [5.74, 6) is 0.883. The zero-order valence-corrected chi connectivity index (χ0v) is 14.9. The van der Waals surface area contributed by atoms with Gasteiger partial charge in [0.25, 0.3) is 0 Å². The fraction of sp³-hybridized carbons (Fsp3) is 0.824. The molecule has 1 N–H and O–H groups in total. The van der Waals surface area contributed by atoms with Crippen LogP contribution in [0.15, 0.2) is 11.7 Å². The lowest BCUT2D eigenvalue weighted by Gasteiger charge is -2.50. The highest BCUT2D eigenvalue weighted by Crippen LogP contribution is 2.39. The van der Waals surface area contributed by atoms with Gasteiger partial charge in [-0.2, -0.15) is 0 Å². The number of thiazole rings is 1. The summed E-state index contributed by atoms with van der Waals surface area (Å²) in [6.45, 7) is 5.76. The SMILES string of the molecule is CCCNC(Cc1cncs1)C1(N(C)C)CCC(C)CC1. The van der Waals surface area contributed by atoms with E-state index in [2.05, 4.69) is 43.1 Å². The molecule has 4 heteroatoms. The third kappa shape index (κ3) is 4.05. The van der Waals surface area contributed by atoms with E-state index in [9.17, 15) is 0 Å². The molecule has 1 atom stereocenters. The maximum Gasteiger partial charge on any atom is 0.0794 e. The monoisotopic (exact) mass is 309 g/mol. The maximum atomic E-state index is 4.26. The van der Waals surface area contributed by atoms with Crippen LogP contribution in [-0.4, -0.2) is 42.1 Å². The van der Waals surface area contributed by atoms with Crippen molar-refractivity contribution >= 4 is 11.3 Å². The van der Waals surface area contributed by atoms with E-state index < -0.39 is 0 Å². The van der Waals surface area contributed by atoms with Crippen LogP contribution in [0.25, 0.3) is 0 Å². The Morgan fingerprint density at radius 2 is 2.14 bits per heavy atom. The van der Waals surface area contributed by atoms with Crippen molar-refractivity contribution in [3.63, 3.8) is 0 Å². The Morgan fingerprint density at radius 3 is 2.67 bits per heavy atom. The van der Waals surface area contributed by atoms with Crippen LogP contribution < -0.4 is 5.32 Å². The third-order valence-electron chi connectivity index (χ3n) is 5.21. The minimum atomic E-state index is 0.297. The molecule has 1 aliphatic rings. The van der Waals surface area contributed by atoms with Gasteiger partial charge in [0, 0.05) is 29.1 Å². The van der Waals surface area contributed by atoms with Gasteiger partial charge in [-0.15, -0.1) is 11.3 Å². The molecule has 1 fully saturated rings. The van der Waals surface area contributed by atoms with Gasteiger partial charge in [0.1, 0.15) is 0 Å². The molecule has 120 valence electrons. The van der Waals surface area contributed by atoms with Crippen molar-refractivity contribution < 1.29 is 0 Å². The largest absolute Gasteiger partial charge is 0.312 e. The summed E-state index contributed by atoms with van der Waals surface area (Å²) in [6.07, 6.45) is 9.66. The number of likely N-dealkylation sites (N-methyl/N-ethyl adjacent to an activating group) is 1. The molecule has 1 saturated carbocycles. The summed E-state index contributed by atoms with van der Waals surface area (Å²) >= 11 is 1.79. The first-order chi connectivity index (χ1) is 10.1. The van der Waals surface area contributed by atoms with Crippen LogP contribution in [0, 0.1) is 5.92 Å². The smallest absolute Gasteiger partial charge is 0.0794 e. The predicted molar refractivity (Wildman–Crippen MR) is 91.9 cm³/mol. The Morgan fingerprint density at radius 1 is 1.43 bits per heavy atom. The Kier molecular flexibility index (Phi) is 6.20. The van der Waals surface area contributed by atoms with E-state index >= 15 is 0 Å². The Bertz CT molecular complexity index is 394. The Labute approximate surface area is 134 Å². The summed E-state index contributed by atoms with van der Waals surface area (Å²) in [6, 6.07) is 0.528. The van der Waals surface area contributed by atoms with Gasteiger partial charge < -0.3 is 10.2 Å². The molecule has 3 nitrogen and oxygen atoms in total. The first-order valence-electron chi connectivity index (χ1n) is 8.36. The van der Waals surface area contributed by atoms with Crippen molar-refractivity contribution in [3.8, 4) is 0 Å². The number of hydrogen-bond acceptors (Lipinski definition) is 4. The van der Waals surface area contributed by atoms with Crippen molar-refractivity contribution in [2.75, 3.05) is 20.6 Å². The zero-order chi connectivity index (χ0) is 15.3. The normalized spacial score (nSPS) is 28.0. The Hall–Kier alpha value is -0.450. The molecule has 0 aliphatic heterocycles. The molecule has 0 saturated heterocycles. The quantitative estimate of drug-likeness (QED) is 0.834. The number of rotatable bonds is 7. The second kappa shape index (κ2) is 7.70. The molecule has 21 heavy (non-hydrogen) atoms. The highest BCUT2D eigenvalue weighted by atomic mass is 32.1. The second-order valence-corrected chi connectivity index (χ2v) is 7.83. The van der Waals surface area contributed by atoms with Gasteiger partial charge in [-0.1, -0.05) is 13.8 Å². The summed E-state index contributed by atoms with van der Waals surface area (Å²) in [7, 11) is 4.53. The van der Waals surface area contributed by atoms with Crippen molar-refractivity contribution in [2.24, 2.45) is 5.92 Å². The topological polar surface area (TPSA) is 28.2 Å². The Balaban J connectivity index is 2.17.